The summed E-state index contributed by atoms with van der Waals surface area (Å²) in [5, 5.41) is 22.7. The van der Waals surface area contributed by atoms with E-state index in [9.17, 15) is 4.79 Å². The molecule has 1 N–H and O–H groups in total. The zero-order valence-corrected chi connectivity index (χ0v) is 12.3. The summed E-state index contributed by atoms with van der Waals surface area (Å²) in [6.45, 7) is 6.48. The Morgan fingerprint density at radius 2 is 2.25 bits per heavy atom. The molecule has 0 aromatic carbocycles. The highest BCUT2D eigenvalue weighted by atomic mass is 16.4. The molecule has 0 radical (unpaired) electrons. The van der Waals surface area contributed by atoms with E-state index in [4.69, 9.17) is 10.4 Å². The van der Waals surface area contributed by atoms with E-state index in [0.29, 0.717) is 0 Å². The smallest absolute Gasteiger partial charge is 0.303 e. The van der Waals surface area contributed by atoms with E-state index in [1.807, 2.05) is 0 Å². The minimum absolute atomic E-state index is 0.0258. The summed E-state index contributed by atoms with van der Waals surface area (Å²) in [7, 11) is 0. The maximum absolute atomic E-state index is 11.1. The van der Waals surface area contributed by atoms with Crippen molar-refractivity contribution in [2.75, 3.05) is 0 Å². The van der Waals surface area contributed by atoms with Crippen molar-refractivity contribution in [1.29, 1.82) is 5.26 Å². The second-order valence-electron chi connectivity index (χ2n) is 6.46. The standard InChI is InChI=1S/C15H21N3O2/c1-15(2,3)14-13-10(9-12(19)20)5-4-6-11(13)18(17-14)8-7-16/h10H,4-6,8-9H2,1-3H3,(H,19,20). The SMILES string of the molecule is CC(C)(C)c1nn(CC#N)c2c1C(CC(=O)O)CCC2. The zero-order valence-electron chi connectivity index (χ0n) is 12.3. The van der Waals surface area contributed by atoms with E-state index < -0.39 is 5.97 Å². The van der Waals surface area contributed by atoms with Crippen LogP contribution < -0.4 is 0 Å². The third-order valence-electron chi connectivity index (χ3n) is 3.82. The molecular weight excluding hydrogens is 254 g/mol. The van der Waals surface area contributed by atoms with Crippen LogP contribution in [0.25, 0.3) is 0 Å². The first-order valence-electron chi connectivity index (χ1n) is 7.03. The Bertz CT molecular complexity index is 561. The van der Waals surface area contributed by atoms with Gasteiger partial charge in [0.25, 0.3) is 0 Å². The number of fused-ring (bicyclic) bond motifs is 1. The Balaban J connectivity index is 2.54. The fourth-order valence-electron chi connectivity index (χ4n) is 3.03. The van der Waals surface area contributed by atoms with Gasteiger partial charge in [-0.3, -0.25) is 9.48 Å². The molecular formula is C15H21N3O2. The summed E-state index contributed by atoms with van der Waals surface area (Å²) >= 11 is 0. The second-order valence-corrected chi connectivity index (χ2v) is 6.46. The molecule has 1 unspecified atom stereocenters. The van der Waals surface area contributed by atoms with Crippen molar-refractivity contribution in [3.63, 3.8) is 0 Å². The molecule has 0 fully saturated rings. The topological polar surface area (TPSA) is 78.9 Å². The van der Waals surface area contributed by atoms with Crippen LogP contribution in [-0.4, -0.2) is 20.9 Å². The summed E-state index contributed by atoms with van der Waals surface area (Å²) < 4.78 is 1.77. The number of nitrogens with zero attached hydrogens (tertiary/aromatic N) is 3. The third kappa shape index (κ3) is 2.69. The quantitative estimate of drug-likeness (QED) is 0.919. The van der Waals surface area contributed by atoms with Crippen LogP contribution in [0.2, 0.25) is 0 Å². The van der Waals surface area contributed by atoms with Crippen LogP contribution in [0.15, 0.2) is 0 Å². The fraction of sp³-hybridized carbons (Fsp3) is 0.667. The van der Waals surface area contributed by atoms with Crippen LogP contribution in [0, 0.1) is 11.3 Å². The first-order chi connectivity index (χ1) is 9.34. The molecule has 2 rings (SSSR count). The van der Waals surface area contributed by atoms with Crippen molar-refractivity contribution in [3.05, 3.63) is 17.0 Å². The number of carboxylic acid groups (broad SMARTS) is 1. The Morgan fingerprint density at radius 1 is 1.55 bits per heavy atom. The lowest BCUT2D eigenvalue weighted by Gasteiger charge is -2.26. The molecule has 1 aromatic rings. The van der Waals surface area contributed by atoms with E-state index in [2.05, 4.69) is 31.9 Å². The van der Waals surface area contributed by atoms with Gasteiger partial charge in [0.2, 0.25) is 0 Å². The van der Waals surface area contributed by atoms with E-state index in [1.165, 1.54) is 0 Å². The number of hydrogen-bond acceptors (Lipinski definition) is 3. The Kier molecular flexibility index (Phi) is 3.85. The number of rotatable bonds is 3. The van der Waals surface area contributed by atoms with Crippen LogP contribution in [-0.2, 0) is 23.2 Å². The third-order valence-corrected chi connectivity index (χ3v) is 3.82. The van der Waals surface area contributed by atoms with Gasteiger partial charge in [0.05, 0.1) is 18.2 Å². The van der Waals surface area contributed by atoms with Gasteiger partial charge in [-0.05, 0) is 25.2 Å². The normalized spacial score (nSPS) is 18.4. The Labute approximate surface area is 119 Å². The highest BCUT2D eigenvalue weighted by molar-refractivity contribution is 5.68. The monoisotopic (exact) mass is 275 g/mol. The van der Waals surface area contributed by atoms with Gasteiger partial charge in [-0.1, -0.05) is 20.8 Å². The molecule has 1 aliphatic carbocycles. The predicted octanol–water partition coefficient (Wildman–Crippen LogP) is 2.60. The number of carbonyl (C=O) groups is 1. The van der Waals surface area contributed by atoms with Gasteiger partial charge in [-0.2, -0.15) is 10.4 Å². The first-order valence-corrected chi connectivity index (χ1v) is 7.03. The van der Waals surface area contributed by atoms with Crippen LogP contribution in [0.1, 0.15) is 62.9 Å². The highest BCUT2D eigenvalue weighted by Gasteiger charge is 2.34. The van der Waals surface area contributed by atoms with Crippen molar-refractivity contribution >= 4 is 5.97 Å². The molecule has 5 heteroatoms. The average molecular weight is 275 g/mol. The fourth-order valence-corrected chi connectivity index (χ4v) is 3.03. The molecule has 0 aliphatic heterocycles. The first kappa shape index (κ1) is 14.6. The van der Waals surface area contributed by atoms with Crippen LogP contribution in [0.3, 0.4) is 0 Å². The van der Waals surface area contributed by atoms with Crippen molar-refractivity contribution in [3.8, 4) is 6.07 Å². The Hall–Kier alpha value is -1.83. The lowest BCUT2D eigenvalue weighted by atomic mass is 9.78. The maximum Gasteiger partial charge on any atom is 0.303 e. The molecule has 1 aromatic heterocycles. The van der Waals surface area contributed by atoms with Gasteiger partial charge in [-0.25, -0.2) is 0 Å². The molecule has 1 aliphatic rings. The molecule has 1 heterocycles. The van der Waals surface area contributed by atoms with Gasteiger partial charge in [-0.15, -0.1) is 0 Å². The van der Waals surface area contributed by atoms with E-state index in [-0.39, 0.29) is 24.3 Å². The minimum atomic E-state index is -0.768. The zero-order chi connectivity index (χ0) is 14.9. The molecule has 5 nitrogen and oxygen atoms in total. The van der Waals surface area contributed by atoms with Gasteiger partial charge in [0.1, 0.15) is 6.54 Å². The Morgan fingerprint density at radius 3 is 2.80 bits per heavy atom. The molecule has 1 atom stereocenters. The largest absolute Gasteiger partial charge is 0.481 e. The summed E-state index contributed by atoms with van der Waals surface area (Å²) in [5.74, 6) is -0.742. The van der Waals surface area contributed by atoms with Crippen molar-refractivity contribution in [2.45, 2.75) is 64.3 Å². The average Bonchev–Trinajstić information content (AvgIpc) is 2.69. The molecule has 0 saturated carbocycles. The lowest BCUT2D eigenvalue weighted by molar-refractivity contribution is -0.137. The number of nitriles is 1. The lowest BCUT2D eigenvalue weighted by Crippen LogP contribution is -2.20. The molecule has 0 amide bonds. The van der Waals surface area contributed by atoms with Crippen LogP contribution in [0.4, 0.5) is 0 Å². The molecule has 0 bridgehead atoms. The summed E-state index contributed by atoms with van der Waals surface area (Å²) in [5.41, 5.74) is 2.96. The highest BCUT2D eigenvalue weighted by Crippen LogP contribution is 2.40. The van der Waals surface area contributed by atoms with Crippen molar-refractivity contribution < 1.29 is 9.90 Å². The van der Waals surface area contributed by atoms with Gasteiger partial charge >= 0.3 is 5.97 Å². The van der Waals surface area contributed by atoms with Gasteiger partial charge in [0.15, 0.2) is 0 Å². The number of carboxylic acids is 1. The van der Waals surface area contributed by atoms with E-state index >= 15 is 0 Å². The molecule has 0 spiro atoms. The van der Waals surface area contributed by atoms with Gasteiger partial charge in [0, 0.05) is 16.7 Å². The number of hydrogen-bond donors (Lipinski definition) is 1. The van der Waals surface area contributed by atoms with E-state index in [0.717, 1.165) is 36.2 Å². The summed E-state index contributed by atoms with van der Waals surface area (Å²) in [6.07, 6.45) is 2.89. The van der Waals surface area contributed by atoms with Gasteiger partial charge < -0.3 is 5.11 Å². The van der Waals surface area contributed by atoms with Crippen LogP contribution >= 0.6 is 0 Å². The summed E-state index contributed by atoms with van der Waals surface area (Å²) in [6, 6.07) is 2.14. The van der Waals surface area contributed by atoms with Crippen molar-refractivity contribution in [1.82, 2.24) is 9.78 Å². The predicted molar refractivity (Wildman–Crippen MR) is 74.5 cm³/mol. The maximum atomic E-state index is 11.1. The molecule has 0 saturated heterocycles. The summed E-state index contributed by atoms with van der Waals surface area (Å²) in [4.78, 5) is 11.1. The minimum Gasteiger partial charge on any atom is -0.481 e. The van der Waals surface area contributed by atoms with Crippen LogP contribution in [0.5, 0.6) is 0 Å². The molecule has 108 valence electrons. The molecule has 20 heavy (non-hydrogen) atoms. The number of aliphatic carboxylic acids is 1. The van der Waals surface area contributed by atoms with Crippen molar-refractivity contribution in [2.24, 2.45) is 0 Å². The number of aromatic nitrogens is 2. The van der Waals surface area contributed by atoms with E-state index in [1.54, 1.807) is 4.68 Å². The second kappa shape index (κ2) is 5.28.